The molecule has 1 aromatic carbocycles. The maximum absolute atomic E-state index is 12.1. The summed E-state index contributed by atoms with van der Waals surface area (Å²) in [6.07, 6.45) is 0. The first-order valence-electron chi connectivity index (χ1n) is 5.48. The van der Waals surface area contributed by atoms with Gasteiger partial charge in [0, 0.05) is 26.2 Å². The number of benzene rings is 1. The highest BCUT2D eigenvalue weighted by Gasteiger charge is 2.20. The summed E-state index contributed by atoms with van der Waals surface area (Å²) in [5.74, 6) is 0.0220. The van der Waals surface area contributed by atoms with Crippen LogP contribution in [0.2, 0.25) is 0 Å². The highest BCUT2D eigenvalue weighted by atomic mass is 35.5. The Kier molecular flexibility index (Phi) is 4.78. The molecule has 1 heterocycles. The minimum absolute atomic E-state index is 0. The van der Waals surface area contributed by atoms with E-state index in [1.807, 2.05) is 0 Å². The predicted octanol–water partition coefficient (Wildman–Crippen LogP) is 1.17. The number of carbonyl (C=O) groups is 1. The van der Waals surface area contributed by atoms with Crippen LogP contribution in [-0.4, -0.2) is 42.1 Å². The van der Waals surface area contributed by atoms with Gasteiger partial charge in [0.25, 0.3) is 5.91 Å². The number of aromatic hydroxyl groups is 1. The molecule has 0 unspecified atom stereocenters. The van der Waals surface area contributed by atoms with E-state index in [1.54, 1.807) is 30.0 Å². The van der Waals surface area contributed by atoms with Gasteiger partial charge in [0.2, 0.25) is 0 Å². The van der Waals surface area contributed by atoms with Gasteiger partial charge in [0.1, 0.15) is 5.75 Å². The Balaban J connectivity index is 0.00000144. The van der Waals surface area contributed by atoms with Crippen molar-refractivity contribution in [1.29, 1.82) is 0 Å². The molecule has 1 aromatic rings. The molecule has 0 aliphatic carbocycles. The van der Waals surface area contributed by atoms with E-state index in [9.17, 15) is 9.90 Å². The lowest BCUT2D eigenvalue weighted by Gasteiger charge is -2.27. The van der Waals surface area contributed by atoms with Crippen molar-refractivity contribution < 1.29 is 9.90 Å². The number of piperazine rings is 1. The summed E-state index contributed by atoms with van der Waals surface area (Å²) in [7, 11) is 0. The molecule has 0 radical (unpaired) electrons. The number of hydrogen-bond acceptors (Lipinski definition) is 3. The van der Waals surface area contributed by atoms with Crippen LogP contribution in [0.25, 0.3) is 0 Å². The Hall–Kier alpha value is -1.26. The molecule has 0 bridgehead atoms. The number of carbonyl (C=O) groups excluding carboxylic acids is 1. The Morgan fingerprint density at radius 2 is 2.00 bits per heavy atom. The second-order valence-corrected chi connectivity index (χ2v) is 4.01. The van der Waals surface area contributed by atoms with Gasteiger partial charge < -0.3 is 15.3 Å². The van der Waals surface area contributed by atoms with Crippen LogP contribution in [-0.2, 0) is 0 Å². The summed E-state index contributed by atoms with van der Waals surface area (Å²) in [6, 6.07) is 5.26. The van der Waals surface area contributed by atoms with Crippen LogP contribution in [0.3, 0.4) is 0 Å². The van der Waals surface area contributed by atoms with Gasteiger partial charge in [-0.25, -0.2) is 0 Å². The van der Waals surface area contributed by atoms with E-state index in [2.05, 4.69) is 5.32 Å². The van der Waals surface area contributed by atoms with E-state index in [0.717, 1.165) is 18.7 Å². The fourth-order valence-corrected chi connectivity index (χ4v) is 1.87. The molecule has 2 rings (SSSR count). The van der Waals surface area contributed by atoms with Crippen molar-refractivity contribution in [2.45, 2.75) is 6.92 Å². The van der Waals surface area contributed by atoms with Gasteiger partial charge in [-0.3, -0.25) is 4.79 Å². The molecule has 0 aromatic heterocycles. The van der Waals surface area contributed by atoms with E-state index in [4.69, 9.17) is 0 Å². The van der Waals surface area contributed by atoms with Gasteiger partial charge >= 0.3 is 0 Å². The van der Waals surface area contributed by atoms with Gasteiger partial charge in [-0.15, -0.1) is 12.4 Å². The van der Waals surface area contributed by atoms with Crippen LogP contribution < -0.4 is 5.32 Å². The van der Waals surface area contributed by atoms with Crippen molar-refractivity contribution in [3.8, 4) is 5.75 Å². The predicted molar refractivity (Wildman–Crippen MR) is 68.9 cm³/mol. The highest BCUT2D eigenvalue weighted by Crippen LogP contribution is 2.22. The second kappa shape index (κ2) is 5.89. The minimum Gasteiger partial charge on any atom is -0.507 e. The molecule has 1 aliphatic heterocycles. The lowest BCUT2D eigenvalue weighted by Crippen LogP contribution is -2.46. The summed E-state index contributed by atoms with van der Waals surface area (Å²) in [4.78, 5) is 13.9. The Morgan fingerprint density at radius 3 is 2.65 bits per heavy atom. The number of hydrogen-bond donors (Lipinski definition) is 2. The average Bonchev–Trinajstić information content (AvgIpc) is 2.33. The molecule has 0 saturated carbocycles. The molecular weight excluding hydrogens is 240 g/mol. The zero-order valence-corrected chi connectivity index (χ0v) is 10.6. The summed E-state index contributed by atoms with van der Waals surface area (Å²) < 4.78 is 0. The number of phenols is 1. The summed E-state index contributed by atoms with van der Waals surface area (Å²) in [6.45, 7) is 4.83. The number of halogens is 1. The number of amides is 1. The molecule has 2 N–H and O–H groups in total. The zero-order chi connectivity index (χ0) is 11.5. The van der Waals surface area contributed by atoms with Gasteiger partial charge in [0.05, 0.1) is 5.56 Å². The molecule has 1 aliphatic rings. The number of nitrogens with zero attached hydrogens (tertiary/aromatic N) is 1. The Morgan fingerprint density at radius 1 is 1.35 bits per heavy atom. The third-order valence-electron chi connectivity index (χ3n) is 2.87. The molecule has 1 fully saturated rings. The van der Waals surface area contributed by atoms with Gasteiger partial charge in [-0.2, -0.15) is 0 Å². The molecule has 94 valence electrons. The number of nitrogens with one attached hydrogen (secondary N) is 1. The van der Waals surface area contributed by atoms with Crippen LogP contribution in [0.4, 0.5) is 0 Å². The first kappa shape index (κ1) is 13.8. The summed E-state index contributed by atoms with van der Waals surface area (Å²) in [5, 5.41) is 13.0. The molecule has 4 nitrogen and oxygen atoms in total. The first-order valence-corrected chi connectivity index (χ1v) is 5.48. The lowest BCUT2D eigenvalue weighted by atomic mass is 10.1. The highest BCUT2D eigenvalue weighted by molar-refractivity contribution is 5.97. The van der Waals surface area contributed by atoms with Crippen LogP contribution in [0.5, 0.6) is 5.75 Å². The fourth-order valence-electron chi connectivity index (χ4n) is 1.87. The molecule has 1 saturated heterocycles. The molecule has 5 heteroatoms. The smallest absolute Gasteiger partial charge is 0.257 e. The van der Waals surface area contributed by atoms with Gasteiger partial charge in [-0.05, 0) is 18.6 Å². The number of para-hydroxylation sites is 1. The monoisotopic (exact) mass is 256 g/mol. The SMILES string of the molecule is Cc1cccc(C(=O)N2CCNCC2)c1O.Cl. The largest absolute Gasteiger partial charge is 0.507 e. The van der Waals surface area contributed by atoms with Crippen LogP contribution in [0.15, 0.2) is 18.2 Å². The lowest BCUT2D eigenvalue weighted by molar-refractivity contribution is 0.0732. The zero-order valence-electron chi connectivity index (χ0n) is 9.77. The van der Waals surface area contributed by atoms with Gasteiger partial charge in [-0.1, -0.05) is 12.1 Å². The first-order chi connectivity index (χ1) is 7.70. The average molecular weight is 257 g/mol. The fraction of sp³-hybridized carbons (Fsp3) is 0.417. The quantitative estimate of drug-likeness (QED) is 0.793. The second-order valence-electron chi connectivity index (χ2n) is 4.01. The van der Waals surface area contributed by atoms with Crippen molar-refractivity contribution in [2.24, 2.45) is 0 Å². The van der Waals surface area contributed by atoms with Crippen molar-refractivity contribution in [3.05, 3.63) is 29.3 Å². The molecule has 17 heavy (non-hydrogen) atoms. The van der Waals surface area contributed by atoms with Crippen molar-refractivity contribution >= 4 is 18.3 Å². The Bertz CT molecular complexity index is 403. The van der Waals surface area contributed by atoms with Crippen molar-refractivity contribution in [1.82, 2.24) is 10.2 Å². The van der Waals surface area contributed by atoms with Crippen molar-refractivity contribution in [3.63, 3.8) is 0 Å². The van der Waals surface area contributed by atoms with Crippen LogP contribution >= 0.6 is 12.4 Å². The third kappa shape index (κ3) is 2.90. The van der Waals surface area contributed by atoms with Gasteiger partial charge in [0.15, 0.2) is 0 Å². The summed E-state index contributed by atoms with van der Waals surface area (Å²) >= 11 is 0. The van der Waals surface area contributed by atoms with E-state index < -0.39 is 0 Å². The van der Waals surface area contributed by atoms with Crippen LogP contribution in [0.1, 0.15) is 15.9 Å². The summed E-state index contributed by atoms with van der Waals surface area (Å²) in [5.41, 5.74) is 1.14. The minimum atomic E-state index is -0.0808. The number of rotatable bonds is 1. The standard InChI is InChI=1S/C12H16N2O2.ClH/c1-9-3-2-4-10(11(9)15)12(16)14-7-5-13-6-8-14;/h2-4,13,15H,5-8H2,1H3;1H. The molecule has 0 atom stereocenters. The normalized spacial score (nSPS) is 15.2. The van der Waals surface area contributed by atoms with Crippen molar-refractivity contribution in [2.75, 3.05) is 26.2 Å². The maximum Gasteiger partial charge on any atom is 0.257 e. The van der Waals surface area contributed by atoms with E-state index in [-0.39, 0.29) is 24.1 Å². The topological polar surface area (TPSA) is 52.6 Å². The van der Waals surface area contributed by atoms with Crippen LogP contribution in [0, 0.1) is 6.92 Å². The molecular formula is C12H17ClN2O2. The number of aryl methyl sites for hydroxylation is 1. The van der Waals surface area contributed by atoms with E-state index >= 15 is 0 Å². The number of phenolic OH excluding ortho intramolecular Hbond substituents is 1. The van der Waals surface area contributed by atoms with E-state index in [1.165, 1.54) is 0 Å². The molecule has 1 amide bonds. The Labute approximate surface area is 107 Å². The maximum atomic E-state index is 12.1. The van der Waals surface area contributed by atoms with E-state index in [0.29, 0.717) is 18.7 Å². The molecule has 0 spiro atoms. The third-order valence-corrected chi connectivity index (χ3v) is 2.87.